The van der Waals surface area contributed by atoms with E-state index in [1.54, 1.807) is 7.11 Å². The second-order valence-corrected chi connectivity index (χ2v) is 5.61. The van der Waals surface area contributed by atoms with Crippen molar-refractivity contribution >= 4 is 0 Å². The van der Waals surface area contributed by atoms with Gasteiger partial charge in [-0.15, -0.1) is 0 Å². The maximum absolute atomic E-state index is 6.48. The molecule has 0 aliphatic heterocycles. The third kappa shape index (κ3) is 1.85. The van der Waals surface area contributed by atoms with E-state index in [-0.39, 0.29) is 6.04 Å². The Balaban J connectivity index is 1.84. The first-order valence-electron chi connectivity index (χ1n) is 6.68. The molecular weight excluding hydrogens is 210 g/mol. The van der Waals surface area contributed by atoms with Crippen LogP contribution in [0.4, 0.5) is 0 Å². The number of nitrogens with two attached hydrogens (primary N) is 1. The second-order valence-electron chi connectivity index (χ2n) is 5.61. The Bertz CT molecular complexity index is 404. The van der Waals surface area contributed by atoms with Gasteiger partial charge in [-0.05, 0) is 43.1 Å². The van der Waals surface area contributed by atoms with Gasteiger partial charge in [0.2, 0.25) is 0 Å². The van der Waals surface area contributed by atoms with Crippen LogP contribution in [0, 0.1) is 17.8 Å². The summed E-state index contributed by atoms with van der Waals surface area (Å²) in [4.78, 5) is 0. The standard InChI is InChI=1S/C15H21NO/c1-17-14-5-3-2-4-12(14)15(16)13-9-10-6-7-11(13)8-10/h2-5,10-11,13,15H,6-9,16H2,1H3. The molecule has 0 saturated heterocycles. The maximum atomic E-state index is 6.48. The monoisotopic (exact) mass is 231 g/mol. The van der Waals surface area contributed by atoms with E-state index >= 15 is 0 Å². The number of para-hydroxylation sites is 1. The zero-order valence-electron chi connectivity index (χ0n) is 10.4. The minimum absolute atomic E-state index is 0.154. The number of hydrogen-bond acceptors (Lipinski definition) is 2. The van der Waals surface area contributed by atoms with Crippen molar-refractivity contribution in [3.8, 4) is 5.75 Å². The fourth-order valence-corrected chi connectivity index (χ4v) is 3.91. The SMILES string of the molecule is COc1ccccc1C(N)C1CC2CCC1C2. The minimum atomic E-state index is 0.154. The largest absolute Gasteiger partial charge is 0.496 e. The summed E-state index contributed by atoms with van der Waals surface area (Å²) < 4.78 is 5.43. The number of benzene rings is 1. The third-order valence-corrected chi connectivity index (χ3v) is 4.75. The van der Waals surface area contributed by atoms with Crippen LogP contribution in [0.5, 0.6) is 5.75 Å². The van der Waals surface area contributed by atoms with Gasteiger partial charge in [-0.1, -0.05) is 24.6 Å². The Hall–Kier alpha value is -1.02. The molecule has 3 rings (SSSR count). The summed E-state index contributed by atoms with van der Waals surface area (Å²) >= 11 is 0. The van der Waals surface area contributed by atoms with E-state index in [9.17, 15) is 0 Å². The molecule has 2 saturated carbocycles. The van der Waals surface area contributed by atoms with Crippen LogP contribution in [0.3, 0.4) is 0 Å². The van der Waals surface area contributed by atoms with E-state index < -0.39 is 0 Å². The molecule has 0 radical (unpaired) electrons. The van der Waals surface area contributed by atoms with Crippen LogP contribution in [0.25, 0.3) is 0 Å². The zero-order chi connectivity index (χ0) is 11.8. The van der Waals surface area contributed by atoms with Crippen molar-refractivity contribution in [3.05, 3.63) is 29.8 Å². The van der Waals surface area contributed by atoms with Crippen LogP contribution >= 0.6 is 0 Å². The van der Waals surface area contributed by atoms with E-state index in [0.717, 1.165) is 17.6 Å². The van der Waals surface area contributed by atoms with Gasteiger partial charge in [-0.2, -0.15) is 0 Å². The van der Waals surface area contributed by atoms with Crippen molar-refractivity contribution in [1.29, 1.82) is 0 Å². The van der Waals surface area contributed by atoms with Crippen molar-refractivity contribution in [1.82, 2.24) is 0 Å². The highest BCUT2D eigenvalue weighted by Gasteiger charge is 2.42. The quantitative estimate of drug-likeness (QED) is 0.867. The highest BCUT2D eigenvalue weighted by molar-refractivity contribution is 5.36. The van der Waals surface area contributed by atoms with Gasteiger partial charge < -0.3 is 10.5 Å². The number of methoxy groups -OCH3 is 1. The van der Waals surface area contributed by atoms with E-state index in [2.05, 4.69) is 12.1 Å². The van der Waals surface area contributed by atoms with Gasteiger partial charge in [-0.3, -0.25) is 0 Å². The Kier molecular flexibility index (Phi) is 2.83. The van der Waals surface area contributed by atoms with Crippen LogP contribution < -0.4 is 10.5 Å². The van der Waals surface area contributed by atoms with E-state index in [1.807, 2.05) is 12.1 Å². The van der Waals surface area contributed by atoms with Crippen molar-refractivity contribution in [3.63, 3.8) is 0 Å². The molecule has 2 bridgehead atoms. The molecule has 17 heavy (non-hydrogen) atoms. The zero-order valence-corrected chi connectivity index (χ0v) is 10.4. The summed E-state index contributed by atoms with van der Waals surface area (Å²) in [7, 11) is 1.73. The molecule has 0 amide bonds. The number of ether oxygens (including phenoxy) is 1. The smallest absolute Gasteiger partial charge is 0.123 e. The van der Waals surface area contributed by atoms with E-state index in [4.69, 9.17) is 10.5 Å². The summed E-state index contributed by atoms with van der Waals surface area (Å²) in [6, 6.07) is 8.36. The van der Waals surface area contributed by atoms with Gasteiger partial charge >= 0.3 is 0 Å². The Morgan fingerprint density at radius 3 is 2.71 bits per heavy atom. The molecule has 2 aliphatic rings. The molecule has 0 aromatic heterocycles. The summed E-state index contributed by atoms with van der Waals surface area (Å²) in [6.07, 6.45) is 5.55. The lowest BCUT2D eigenvalue weighted by atomic mass is 9.81. The lowest BCUT2D eigenvalue weighted by Gasteiger charge is -2.28. The Morgan fingerprint density at radius 2 is 2.06 bits per heavy atom. The molecule has 2 nitrogen and oxygen atoms in total. The lowest BCUT2D eigenvalue weighted by molar-refractivity contribution is 0.279. The molecule has 0 heterocycles. The Labute approximate surface area is 103 Å². The van der Waals surface area contributed by atoms with Gasteiger partial charge in [0.05, 0.1) is 7.11 Å². The molecule has 4 atom stereocenters. The topological polar surface area (TPSA) is 35.2 Å². The van der Waals surface area contributed by atoms with Crippen LogP contribution in [-0.2, 0) is 0 Å². The highest BCUT2D eigenvalue weighted by Crippen LogP contribution is 2.52. The van der Waals surface area contributed by atoms with Crippen molar-refractivity contribution in [2.45, 2.75) is 31.7 Å². The molecule has 92 valence electrons. The first kappa shape index (κ1) is 11.1. The molecule has 2 fully saturated rings. The fourth-order valence-electron chi connectivity index (χ4n) is 3.91. The van der Waals surface area contributed by atoms with Crippen LogP contribution in [-0.4, -0.2) is 7.11 Å². The highest BCUT2D eigenvalue weighted by atomic mass is 16.5. The van der Waals surface area contributed by atoms with E-state index in [1.165, 1.54) is 31.2 Å². The van der Waals surface area contributed by atoms with Crippen LogP contribution in [0.1, 0.15) is 37.3 Å². The summed E-state index contributed by atoms with van der Waals surface area (Å²) in [6.45, 7) is 0. The number of fused-ring (bicyclic) bond motifs is 2. The molecule has 1 aromatic carbocycles. The average Bonchev–Trinajstić information content (AvgIpc) is 3.00. The first-order chi connectivity index (χ1) is 8.29. The van der Waals surface area contributed by atoms with Crippen molar-refractivity contribution in [2.24, 2.45) is 23.5 Å². The number of rotatable bonds is 3. The molecule has 2 heteroatoms. The Morgan fingerprint density at radius 1 is 1.24 bits per heavy atom. The summed E-state index contributed by atoms with van der Waals surface area (Å²) in [5.41, 5.74) is 7.67. The van der Waals surface area contributed by atoms with Crippen molar-refractivity contribution < 1.29 is 4.74 Å². The third-order valence-electron chi connectivity index (χ3n) is 4.75. The molecule has 1 aromatic rings. The fraction of sp³-hybridized carbons (Fsp3) is 0.600. The van der Waals surface area contributed by atoms with Gasteiger partial charge in [0.15, 0.2) is 0 Å². The molecular formula is C15H21NO. The normalized spacial score (nSPS) is 32.7. The molecule has 4 unspecified atom stereocenters. The van der Waals surface area contributed by atoms with Gasteiger partial charge in [0.1, 0.15) is 5.75 Å². The maximum Gasteiger partial charge on any atom is 0.123 e. The predicted octanol–water partition coefficient (Wildman–Crippen LogP) is 3.13. The minimum Gasteiger partial charge on any atom is -0.496 e. The molecule has 2 N–H and O–H groups in total. The first-order valence-corrected chi connectivity index (χ1v) is 6.68. The molecule has 2 aliphatic carbocycles. The summed E-state index contributed by atoms with van der Waals surface area (Å²) in [5.74, 6) is 3.43. The molecule has 0 spiro atoms. The van der Waals surface area contributed by atoms with Gasteiger partial charge in [0.25, 0.3) is 0 Å². The number of hydrogen-bond donors (Lipinski definition) is 1. The van der Waals surface area contributed by atoms with E-state index in [0.29, 0.717) is 5.92 Å². The average molecular weight is 231 g/mol. The van der Waals surface area contributed by atoms with Gasteiger partial charge in [0, 0.05) is 11.6 Å². The predicted molar refractivity (Wildman–Crippen MR) is 68.9 cm³/mol. The summed E-state index contributed by atoms with van der Waals surface area (Å²) in [5, 5.41) is 0. The van der Waals surface area contributed by atoms with Crippen LogP contribution in [0.15, 0.2) is 24.3 Å². The lowest BCUT2D eigenvalue weighted by Crippen LogP contribution is -2.26. The van der Waals surface area contributed by atoms with Gasteiger partial charge in [-0.25, -0.2) is 0 Å². The van der Waals surface area contributed by atoms with Crippen molar-refractivity contribution in [2.75, 3.05) is 7.11 Å². The van der Waals surface area contributed by atoms with Crippen LogP contribution in [0.2, 0.25) is 0 Å². The second kappa shape index (κ2) is 4.34.